The van der Waals surface area contributed by atoms with Gasteiger partial charge in [0, 0.05) is 13.0 Å². The molecule has 2 aromatic carbocycles. The Morgan fingerprint density at radius 3 is 2.64 bits per heavy atom. The van der Waals surface area contributed by atoms with Crippen LogP contribution >= 0.6 is 0 Å². The number of nitrogens with zero attached hydrogens (tertiary/aromatic N) is 1. The van der Waals surface area contributed by atoms with Crippen molar-refractivity contribution in [1.29, 1.82) is 0 Å². The second kappa shape index (κ2) is 5.48. The number of rotatable bonds is 2. The van der Waals surface area contributed by atoms with E-state index in [-0.39, 0.29) is 18.1 Å². The van der Waals surface area contributed by atoms with E-state index in [0.717, 1.165) is 30.7 Å². The van der Waals surface area contributed by atoms with Gasteiger partial charge in [-0.25, -0.2) is 0 Å². The zero-order valence-corrected chi connectivity index (χ0v) is 12.4. The van der Waals surface area contributed by atoms with Crippen LogP contribution in [0.25, 0.3) is 0 Å². The number of likely N-dealkylation sites (tertiary alicyclic amines) is 1. The van der Waals surface area contributed by atoms with Gasteiger partial charge in [-0.15, -0.1) is 0 Å². The highest BCUT2D eigenvalue weighted by atomic mass is 16.5. The molecule has 3 heteroatoms. The molecular weight excluding hydrogens is 274 g/mol. The number of fused-ring (bicyclic) bond motifs is 1. The van der Waals surface area contributed by atoms with Gasteiger partial charge in [-0.1, -0.05) is 48.5 Å². The van der Waals surface area contributed by atoms with Gasteiger partial charge in [0.2, 0.25) is 0 Å². The Kier molecular flexibility index (Phi) is 3.34. The maximum Gasteiger partial charge on any atom is 0.264 e. The van der Waals surface area contributed by atoms with Crippen LogP contribution in [0.1, 0.15) is 30.0 Å². The summed E-state index contributed by atoms with van der Waals surface area (Å²) in [6, 6.07) is 18.5. The van der Waals surface area contributed by atoms with Crippen molar-refractivity contribution in [3.05, 3.63) is 65.7 Å². The summed E-state index contributed by atoms with van der Waals surface area (Å²) in [5.41, 5.74) is 2.36. The fourth-order valence-electron chi connectivity index (χ4n) is 3.56. The molecule has 3 nitrogen and oxygen atoms in total. The standard InChI is InChI=1S/C19H19NO2/c21-19(18-13-15-9-4-5-11-17(15)22-18)20-12-6-10-16(20)14-7-2-1-3-8-14/h1-5,7-9,11,16,18H,6,10,12-13H2/t16-,18-/m1/s1. The highest BCUT2D eigenvalue weighted by molar-refractivity contribution is 5.83. The number of ether oxygens (including phenoxy) is 1. The molecule has 112 valence electrons. The van der Waals surface area contributed by atoms with E-state index in [2.05, 4.69) is 12.1 Å². The molecule has 0 unspecified atom stereocenters. The highest BCUT2D eigenvalue weighted by Crippen LogP contribution is 2.35. The first kappa shape index (κ1) is 13.4. The Labute approximate surface area is 130 Å². The zero-order chi connectivity index (χ0) is 14.9. The van der Waals surface area contributed by atoms with Crippen LogP contribution in [0.3, 0.4) is 0 Å². The van der Waals surface area contributed by atoms with Crippen LogP contribution in [-0.2, 0) is 11.2 Å². The largest absolute Gasteiger partial charge is 0.480 e. The molecule has 0 spiro atoms. The summed E-state index contributed by atoms with van der Waals surface area (Å²) in [5.74, 6) is 0.985. The van der Waals surface area contributed by atoms with Gasteiger partial charge in [0.25, 0.3) is 5.91 Å². The minimum Gasteiger partial charge on any atom is -0.480 e. The summed E-state index contributed by atoms with van der Waals surface area (Å²) < 4.78 is 5.87. The first-order valence-electron chi connectivity index (χ1n) is 7.93. The van der Waals surface area contributed by atoms with Gasteiger partial charge < -0.3 is 9.64 Å². The summed E-state index contributed by atoms with van der Waals surface area (Å²) in [7, 11) is 0. The predicted octanol–water partition coefficient (Wildman–Crippen LogP) is 3.35. The fraction of sp³-hybridized carbons (Fsp3) is 0.316. The molecule has 1 saturated heterocycles. The van der Waals surface area contributed by atoms with Gasteiger partial charge in [0.15, 0.2) is 6.10 Å². The summed E-state index contributed by atoms with van der Waals surface area (Å²) in [6.07, 6.45) is 2.43. The van der Waals surface area contributed by atoms with Crippen molar-refractivity contribution in [2.75, 3.05) is 6.54 Å². The number of para-hydroxylation sites is 1. The maximum atomic E-state index is 12.9. The van der Waals surface area contributed by atoms with E-state index in [9.17, 15) is 4.79 Å². The minimum absolute atomic E-state index is 0.127. The predicted molar refractivity (Wildman–Crippen MR) is 84.7 cm³/mol. The molecule has 0 aromatic heterocycles. The summed E-state index contributed by atoms with van der Waals surface area (Å²) in [5, 5.41) is 0. The summed E-state index contributed by atoms with van der Waals surface area (Å²) >= 11 is 0. The number of amides is 1. The average molecular weight is 293 g/mol. The molecule has 0 N–H and O–H groups in total. The van der Waals surface area contributed by atoms with Gasteiger partial charge in [-0.05, 0) is 30.0 Å². The molecule has 2 heterocycles. The van der Waals surface area contributed by atoms with E-state index in [1.54, 1.807) is 0 Å². The molecule has 0 saturated carbocycles. The van der Waals surface area contributed by atoms with Gasteiger partial charge in [0.05, 0.1) is 6.04 Å². The normalized spacial score (nSPS) is 23.2. The van der Waals surface area contributed by atoms with Crippen LogP contribution < -0.4 is 4.74 Å². The first-order chi connectivity index (χ1) is 10.8. The van der Waals surface area contributed by atoms with Gasteiger partial charge in [0.1, 0.15) is 5.75 Å². The lowest BCUT2D eigenvalue weighted by molar-refractivity contribution is -0.138. The van der Waals surface area contributed by atoms with E-state index in [4.69, 9.17) is 4.74 Å². The van der Waals surface area contributed by atoms with Crippen molar-refractivity contribution in [2.24, 2.45) is 0 Å². The second-order valence-corrected chi connectivity index (χ2v) is 6.02. The van der Waals surface area contributed by atoms with E-state index in [0.29, 0.717) is 6.42 Å². The van der Waals surface area contributed by atoms with Crippen molar-refractivity contribution < 1.29 is 9.53 Å². The minimum atomic E-state index is -0.360. The molecule has 4 rings (SSSR count). The SMILES string of the molecule is O=C([C@H]1Cc2ccccc2O1)N1CCC[C@@H]1c1ccccc1. The van der Waals surface area contributed by atoms with Gasteiger partial charge >= 0.3 is 0 Å². The molecule has 2 atom stereocenters. The molecule has 2 aliphatic rings. The Morgan fingerprint density at radius 1 is 1.05 bits per heavy atom. The second-order valence-electron chi connectivity index (χ2n) is 6.02. The molecule has 2 aromatic rings. The van der Waals surface area contributed by atoms with Crippen molar-refractivity contribution in [2.45, 2.75) is 31.4 Å². The topological polar surface area (TPSA) is 29.5 Å². The van der Waals surface area contributed by atoms with Crippen LogP contribution in [0, 0.1) is 0 Å². The fourth-order valence-corrected chi connectivity index (χ4v) is 3.56. The van der Waals surface area contributed by atoms with Crippen LogP contribution in [0.5, 0.6) is 5.75 Å². The third-order valence-electron chi connectivity index (χ3n) is 4.64. The van der Waals surface area contributed by atoms with E-state index in [1.807, 2.05) is 47.4 Å². The molecule has 1 amide bonds. The molecule has 0 radical (unpaired) electrons. The lowest BCUT2D eigenvalue weighted by atomic mass is 10.0. The van der Waals surface area contributed by atoms with Crippen LogP contribution in [0.15, 0.2) is 54.6 Å². The van der Waals surface area contributed by atoms with E-state index >= 15 is 0 Å². The number of hydrogen-bond donors (Lipinski definition) is 0. The van der Waals surface area contributed by atoms with Crippen molar-refractivity contribution in [1.82, 2.24) is 4.90 Å². The summed E-state index contributed by atoms with van der Waals surface area (Å²) in [4.78, 5) is 14.9. The third-order valence-corrected chi connectivity index (χ3v) is 4.64. The monoisotopic (exact) mass is 293 g/mol. The summed E-state index contributed by atoms with van der Waals surface area (Å²) in [6.45, 7) is 0.828. The Balaban J connectivity index is 1.53. The molecule has 0 bridgehead atoms. The number of hydrogen-bond acceptors (Lipinski definition) is 2. The molecule has 2 aliphatic heterocycles. The lowest BCUT2D eigenvalue weighted by Gasteiger charge is -2.27. The van der Waals surface area contributed by atoms with E-state index in [1.165, 1.54) is 5.56 Å². The van der Waals surface area contributed by atoms with Gasteiger partial charge in [-0.3, -0.25) is 4.79 Å². The highest BCUT2D eigenvalue weighted by Gasteiger charge is 2.37. The lowest BCUT2D eigenvalue weighted by Crippen LogP contribution is -2.40. The Hall–Kier alpha value is -2.29. The molecule has 0 aliphatic carbocycles. The Bertz CT molecular complexity index is 658. The van der Waals surface area contributed by atoms with Crippen LogP contribution in [0.4, 0.5) is 0 Å². The molecule has 22 heavy (non-hydrogen) atoms. The average Bonchev–Trinajstić information content (AvgIpc) is 3.21. The number of benzene rings is 2. The van der Waals surface area contributed by atoms with Crippen molar-refractivity contribution in [3.63, 3.8) is 0 Å². The van der Waals surface area contributed by atoms with Crippen molar-refractivity contribution >= 4 is 5.91 Å². The number of carbonyl (C=O) groups excluding carboxylic acids is 1. The third kappa shape index (κ3) is 2.27. The maximum absolute atomic E-state index is 12.9. The smallest absolute Gasteiger partial charge is 0.264 e. The van der Waals surface area contributed by atoms with Crippen LogP contribution in [0.2, 0.25) is 0 Å². The molecular formula is C19H19NO2. The van der Waals surface area contributed by atoms with Crippen LogP contribution in [-0.4, -0.2) is 23.5 Å². The number of carbonyl (C=O) groups is 1. The quantitative estimate of drug-likeness (QED) is 0.850. The molecule has 1 fully saturated rings. The van der Waals surface area contributed by atoms with E-state index < -0.39 is 0 Å². The Morgan fingerprint density at radius 2 is 1.82 bits per heavy atom. The first-order valence-corrected chi connectivity index (χ1v) is 7.93. The van der Waals surface area contributed by atoms with Gasteiger partial charge in [-0.2, -0.15) is 0 Å². The zero-order valence-electron chi connectivity index (χ0n) is 12.4. The van der Waals surface area contributed by atoms with Crippen molar-refractivity contribution in [3.8, 4) is 5.75 Å².